The van der Waals surface area contributed by atoms with Gasteiger partial charge in [0.15, 0.2) is 0 Å². The molecule has 0 unspecified atom stereocenters. The van der Waals surface area contributed by atoms with Crippen molar-refractivity contribution in [1.29, 1.82) is 0 Å². The standard InChI is InChI=1S/C26H34N4/c1-2-6-22(7-3-1)20-28-14-11-24(12-15-28)30-18-16-29(17-19-30)21-23-10-13-27-26-9-5-4-8-25(23)26/h2,4-10,13,24H,1,3,11-12,14-21H2. The highest BCUT2D eigenvalue weighted by molar-refractivity contribution is 5.81. The number of rotatable bonds is 5. The minimum Gasteiger partial charge on any atom is -0.299 e. The quantitative estimate of drug-likeness (QED) is 0.751. The van der Waals surface area contributed by atoms with Gasteiger partial charge in [-0.3, -0.25) is 19.7 Å². The van der Waals surface area contributed by atoms with Crippen molar-refractivity contribution in [2.75, 3.05) is 45.8 Å². The van der Waals surface area contributed by atoms with Crippen molar-refractivity contribution in [3.05, 3.63) is 65.9 Å². The molecule has 3 heterocycles. The predicted molar refractivity (Wildman–Crippen MR) is 125 cm³/mol. The Bertz CT molecular complexity index is 897. The third kappa shape index (κ3) is 4.66. The fourth-order valence-electron chi connectivity index (χ4n) is 5.31. The van der Waals surface area contributed by atoms with Crippen molar-refractivity contribution >= 4 is 10.9 Å². The minimum absolute atomic E-state index is 0.779. The van der Waals surface area contributed by atoms with E-state index in [2.05, 4.69) is 68.2 Å². The zero-order chi connectivity index (χ0) is 20.2. The molecule has 2 aromatic rings. The van der Waals surface area contributed by atoms with Gasteiger partial charge in [0.25, 0.3) is 0 Å². The highest BCUT2D eigenvalue weighted by Crippen LogP contribution is 2.22. The van der Waals surface area contributed by atoms with E-state index in [1.807, 2.05) is 6.20 Å². The normalized spacial score (nSPS) is 22.5. The summed E-state index contributed by atoms with van der Waals surface area (Å²) in [5.74, 6) is 0. The molecule has 4 nitrogen and oxygen atoms in total. The van der Waals surface area contributed by atoms with E-state index < -0.39 is 0 Å². The first-order valence-corrected chi connectivity index (χ1v) is 11.7. The Morgan fingerprint density at radius 3 is 2.43 bits per heavy atom. The molecule has 5 rings (SSSR count). The molecule has 2 fully saturated rings. The van der Waals surface area contributed by atoms with Gasteiger partial charge in [0.05, 0.1) is 5.52 Å². The van der Waals surface area contributed by atoms with Crippen LogP contribution in [0.25, 0.3) is 10.9 Å². The lowest BCUT2D eigenvalue weighted by molar-refractivity contribution is 0.0588. The fourth-order valence-corrected chi connectivity index (χ4v) is 5.31. The summed E-state index contributed by atoms with van der Waals surface area (Å²) in [6.07, 6.45) is 14.1. The number of nitrogens with zero attached hydrogens (tertiary/aromatic N) is 4. The lowest BCUT2D eigenvalue weighted by Gasteiger charge is -2.43. The van der Waals surface area contributed by atoms with Gasteiger partial charge in [0, 0.05) is 56.9 Å². The molecular formula is C26H34N4. The van der Waals surface area contributed by atoms with Crippen LogP contribution in [0.15, 0.2) is 60.3 Å². The maximum Gasteiger partial charge on any atom is 0.0705 e. The van der Waals surface area contributed by atoms with E-state index in [0.29, 0.717) is 0 Å². The van der Waals surface area contributed by atoms with E-state index in [1.165, 1.54) is 81.5 Å². The second-order valence-corrected chi connectivity index (χ2v) is 9.07. The van der Waals surface area contributed by atoms with Crippen LogP contribution < -0.4 is 0 Å². The third-order valence-electron chi connectivity index (χ3n) is 7.09. The van der Waals surface area contributed by atoms with E-state index in [1.54, 1.807) is 0 Å². The molecule has 30 heavy (non-hydrogen) atoms. The summed E-state index contributed by atoms with van der Waals surface area (Å²) in [7, 11) is 0. The number of pyridine rings is 1. The number of aromatic nitrogens is 1. The maximum absolute atomic E-state index is 4.51. The first-order chi connectivity index (χ1) is 14.8. The number of para-hydroxylation sites is 1. The Labute approximate surface area is 180 Å². The van der Waals surface area contributed by atoms with Crippen molar-refractivity contribution in [2.24, 2.45) is 0 Å². The van der Waals surface area contributed by atoms with Crippen LogP contribution in [0.4, 0.5) is 0 Å². The van der Waals surface area contributed by atoms with Gasteiger partial charge in [-0.1, -0.05) is 36.4 Å². The van der Waals surface area contributed by atoms with Gasteiger partial charge in [0.1, 0.15) is 0 Å². The second-order valence-electron chi connectivity index (χ2n) is 9.07. The number of fused-ring (bicyclic) bond motifs is 1. The Morgan fingerprint density at radius 1 is 0.833 bits per heavy atom. The van der Waals surface area contributed by atoms with Gasteiger partial charge in [-0.15, -0.1) is 0 Å². The SMILES string of the molecule is C1=CC(CN2CCC(N3CCN(Cc4ccnc5ccccc45)CC3)CC2)=CCC1. The summed E-state index contributed by atoms with van der Waals surface area (Å²) in [5.41, 5.74) is 4.05. The summed E-state index contributed by atoms with van der Waals surface area (Å²) >= 11 is 0. The Morgan fingerprint density at radius 2 is 1.63 bits per heavy atom. The van der Waals surface area contributed by atoms with Crippen molar-refractivity contribution < 1.29 is 0 Å². The minimum atomic E-state index is 0.779. The van der Waals surface area contributed by atoms with Gasteiger partial charge in [-0.25, -0.2) is 0 Å². The van der Waals surface area contributed by atoms with Crippen molar-refractivity contribution in [2.45, 2.75) is 38.3 Å². The lowest BCUT2D eigenvalue weighted by Crippen LogP contribution is -2.53. The van der Waals surface area contributed by atoms with E-state index in [0.717, 1.165) is 24.6 Å². The smallest absolute Gasteiger partial charge is 0.0705 e. The topological polar surface area (TPSA) is 22.6 Å². The van der Waals surface area contributed by atoms with Crippen LogP contribution in [0.2, 0.25) is 0 Å². The van der Waals surface area contributed by atoms with Crippen LogP contribution in [0, 0.1) is 0 Å². The molecule has 1 aliphatic carbocycles. The highest BCUT2D eigenvalue weighted by Gasteiger charge is 2.27. The Kier molecular flexibility index (Phi) is 6.26. The molecule has 0 radical (unpaired) electrons. The van der Waals surface area contributed by atoms with Crippen molar-refractivity contribution in [3.8, 4) is 0 Å². The average Bonchev–Trinajstić information content (AvgIpc) is 2.81. The molecule has 0 saturated carbocycles. The molecule has 4 heteroatoms. The van der Waals surface area contributed by atoms with Crippen LogP contribution in [0.5, 0.6) is 0 Å². The van der Waals surface area contributed by atoms with Crippen LogP contribution >= 0.6 is 0 Å². The Hall–Kier alpha value is -2.01. The summed E-state index contributed by atoms with van der Waals surface area (Å²) in [4.78, 5) is 12.6. The number of piperazine rings is 1. The monoisotopic (exact) mass is 402 g/mol. The Balaban J connectivity index is 1.10. The molecule has 0 atom stereocenters. The molecule has 2 aliphatic heterocycles. The fraction of sp³-hybridized carbons (Fsp3) is 0.500. The van der Waals surface area contributed by atoms with Gasteiger partial charge in [0.2, 0.25) is 0 Å². The average molecular weight is 403 g/mol. The molecule has 3 aliphatic rings. The molecule has 0 spiro atoms. The highest BCUT2D eigenvalue weighted by atomic mass is 15.3. The number of piperidine rings is 1. The molecule has 0 amide bonds. The van der Waals surface area contributed by atoms with Crippen molar-refractivity contribution in [1.82, 2.24) is 19.7 Å². The van der Waals surface area contributed by atoms with Gasteiger partial charge in [-0.2, -0.15) is 0 Å². The molecule has 1 aromatic carbocycles. The molecule has 2 saturated heterocycles. The first-order valence-electron chi connectivity index (χ1n) is 11.7. The summed E-state index contributed by atoms with van der Waals surface area (Å²) in [6, 6.07) is 11.5. The van der Waals surface area contributed by atoms with Gasteiger partial charge in [-0.05, 0) is 62.0 Å². The molecule has 1 aromatic heterocycles. The molecule has 0 bridgehead atoms. The van der Waals surface area contributed by atoms with E-state index >= 15 is 0 Å². The molecular weight excluding hydrogens is 368 g/mol. The maximum atomic E-state index is 4.51. The summed E-state index contributed by atoms with van der Waals surface area (Å²) in [5, 5.41) is 1.30. The number of hydrogen-bond donors (Lipinski definition) is 0. The number of hydrogen-bond acceptors (Lipinski definition) is 4. The van der Waals surface area contributed by atoms with E-state index in [4.69, 9.17) is 0 Å². The van der Waals surface area contributed by atoms with Crippen LogP contribution in [0.3, 0.4) is 0 Å². The predicted octanol–water partition coefficient (Wildman–Crippen LogP) is 4.09. The van der Waals surface area contributed by atoms with E-state index in [-0.39, 0.29) is 0 Å². The first kappa shape index (κ1) is 19.9. The second kappa shape index (κ2) is 9.42. The number of allylic oxidation sites excluding steroid dienone is 2. The summed E-state index contributed by atoms with van der Waals surface area (Å²) in [6.45, 7) is 9.46. The summed E-state index contributed by atoms with van der Waals surface area (Å²) < 4.78 is 0. The number of benzene rings is 1. The van der Waals surface area contributed by atoms with Gasteiger partial charge >= 0.3 is 0 Å². The largest absolute Gasteiger partial charge is 0.299 e. The van der Waals surface area contributed by atoms with Gasteiger partial charge < -0.3 is 0 Å². The lowest BCUT2D eigenvalue weighted by atomic mass is 10.0. The van der Waals surface area contributed by atoms with Crippen LogP contribution in [-0.4, -0.2) is 71.5 Å². The van der Waals surface area contributed by atoms with Crippen LogP contribution in [-0.2, 0) is 6.54 Å². The van der Waals surface area contributed by atoms with Crippen molar-refractivity contribution in [3.63, 3.8) is 0 Å². The van der Waals surface area contributed by atoms with Crippen LogP contribution in [0.1, 0.15) is 31.2 Å². The number of likely N-dealkylation sites (tertiary alicyclic amines) is 1. The molecule has 158 valence electrons. The molecule has 0 N–H and O–H groups in total. The zero-order valence-corrected chi connectivity index (χ0v) is 18.0. The third-order valence-corrected chi connectivity index (χ3v) is 7.09. The zero-order valence-electron chi connectivity index (χ0n) is 18.0. The van der Waals surface area contributed by atoms with E-state index in [9.17, 15) is 0 Å².